The summed E-state index contributed by atoms with van der Waals surface area (Å²) < 4.78 is 1.72. The van der Waals surface area contributed by atoms with E-state index in [1.54, 1.807) is 23.2 Å². The first-order valence-electron chi connectivity index (χ1n) is 18.7. The predicted molar refractivity (Wildman–Crippen MR) is 213 cm³/mol. The Balaban J connectivity index is 0.000000247. The number of allylic oxidation sites excluding steroid dienone is 10. The maximum absolute atomic E-state index is 12.6. The zero-order chi connectivity index (χ0) is 37.0. The van der Waals surface area contributed by atoms with E-state index in [-0.39, 0.29) is 17.7 Å². The van der Waals surface area contributed by atoms with Crippen molar-refractivity contribution in [1.29, 1.82) is 0 Å². The number of nitrogens with one attached hydrogen (secondary N) is 3. The minimum Gasteiger partial charge on any atom is -0.370 e. The molecule has 3 amide bonds. The number of hydrazone groups is 1. The molecule has 2 aliphatic rings. The summed E-state index contributed by atoms with van der Waals surface area (Å²) in [5.41, 5.74) is 12.1. The molecule has 10 heteroatoms. The van der Waals surface area contributed by atoms with E-state index in [0.717, 1.165) is 85.5 Å². The van der Waals surface area contributed by atoms with E-state index in [0.29, 0.717) is 30.0 Å². The van der Waals surface area contributed by atoms with Gasteiger partial charge in [-0.2, -0.15) is 10.2 Å². The van der Waals surface area contributed by atoms with Gasteiger partial charge in [0.25, 0.3) is 5.91 Å². The Morgan fingerprint density at radius 3 is 2.21 bits per heavy atom. The smallest absolute Gasteiger partial charge is 0.272 e. The normalized spacial score (nSPS) is 14.9. The van der Waals surface area contributed by atoms with Gasteiger partial charge in [-0.05, 0) is 75.8 Å². The Morgan fingerprint density at radius 1 is 0.942 bits per heavy atom. The van der Waals surface area contributed by atoms with Crippen molar-refractivity contribution in [3.8, 4) is 11.3 Å². The number of hydrogen-bond donors (Lipinski definition) is 4. The molecule has 5 rings (SSSR count). The first-order chi connectivity index (χ1) is 25.4. The summed E-state index contributed by atoms with van der Waals surface area (Å²) >= 11 is 0. The standard InChI is InChI=1S/C22H24N6O2.C20H31NO/c1-28-12-14(10-24-28)21-17-11-23-27-22(30)16-8-15(9-18(26-21)20(16)17)25-19(29)7-13-5-3-2-4-6-13;1-2-3-4-5-6-7-8-9-10-11-12-13-14-15-16-17-18-19-20(21)22/h8-13,26H,2-7H2,1H3,(H,25,29)(H,27,30);3-4,6-7,9-10,12-13,15-16H,2,5,8,11,14,17-19H2,1H3,(H2,21,22)/b;4-3-,7-6-,10-9-,13-12-,16-15-. The minimum atomic E-state index is -0.296. The number of unbranched alkanes of at least 4 members (excludes halogenated alkanes) is 1. The van der Waals surface area contributed by atoms with E-state index < -0.39 is 0 Å². The highest BCUT2D eigenvalue weighted by Crippen LogP contribution is 2.35. The average molecular weight is 706 g/mol. The van der Waals surface area contributed by atoms with Crippen molar-refractivity contribution in [3.05, 3.63) is 96.4 Å². The second kappa shape index (κ2) is 21.9. The van der Waals surface area contributed by atoms with E-state index >= 15 is 0 Å². The topological polar surface area (TPSA) is 147 Å². The van der Waals surface area contributed by atoms with Crippen molar-refractivity contribution < 1.29 is 14.4 Å². The Bertz CT molecular complexity index is 1800. The highest BCUT2D eigenvalue weighted by Gasteiger charge is 2.23. The van der Waals surface area contributed by atoms with Gasteiger partial charge in [-0.15, -0.1) is 0 Å². The molecule has 0 spiro atoms. The molecule has 10 nitrogen and oxygen atoms in total. The molecular weight excluding hydrogens is 651 g/mol. The summed E-state index contributed by atoms with van der Waals surface area (Å²) in [6, 6.07) is 3.61. The first-order valence-corrected chi connectivity index (χ1v) is 18.7. The Hall–Kier alpha value is -5.25. The molecule has 0 saturated heterocycles. The SMILES string of the molecule is CC/C=C\C/C=C\C/C=C\C/C=C\C/C=C\CCCC(N)=O.Cn1cc(-c2[nH]c3cc(NC(=O)CC4CCCCC4)cc4c3c2C=NNC4=O)cn1. The lowest BCUT2D eigenvalue weighted by Crippen LogP contribution is -2.19. The summed E-state index contributed by atoms with van der Waals surface area (Å²) in [6.07, 6.45) is 40.9. The van der Waals surface area contributed by atoms with Crippen LogP contribution in [-0.2, 0) is 16.6 Å². The summed E-state index contributed by atoms with van der Waals surface area (Å²) in [5, 5.41) is 12.1. The number of benzene rings is 1. The molecule has 276 valence electrons. The van der Waals surface area contributed by atoms with E-state index in [2.05, 4.69) is 93.6 Å². The molecule has 1 saturated carbocycles. The van der Waals surface area contributed by atoms with Crippen LogP contribution >= 0.6 is 0 Å². The lowest BCUT2D eigenvalue weighted by molar-refractivity contribution is -0.118. The number of H-pyrrole nitrogens is 1. The van der Waals surface area contributed by atoms with Crippen LogP contribution in [0.1, 0.15) is 113 Å². The summed E-state index contributed by atoms with van der Waals surface area (Å²) in [6.45, 7) is 2.15. The van der Waals surface area contributed by atoms with E-state index in [4.69, 9.17) is 5.73 Å². The number of carbonyl (C=O) groups is 3. The number of rotatable bonds is 17. The number of primary amides is 1. The van der Waals surface area contributed by atoms with Crippen LogP contribution in [0.2, 0.25) is 0 Å². The van der Waals surface area contributed by atoms with Crippen LogP contribution in [0.3, 0.4) is 0 Å². The number of aryl methyl sites for hydroxylation is 1. The zero-order valence-corrected chi connectivity index (χ0v) is 30.8. The number of nitrogens with two attached hydrogens (primary N) is 1. The zero-order valence-electron chi connectivity index (χ0n) is 30.8. The average Bonchev–Trinajstić information content (AvgIpc) is 3.68. The molecule has 0 radical (unpaired) electrons. The summed E-state index contributed by atoms with van der Waals surface area (Å²) in [7, 11) is 1.86. The third-order valence-electron chi connectivity index (χ3n) is 8.97. The van der Waals surface area contributed by atoms with E-state index in [1.165, 1.54) is 19.3 Å². The van der Waals surface area contributed by atoms with Gasteiger partial charge in [0.1, 0.15) is 0 Å². The Kier molecular flexibility index (Phi) is 16.6. The van der Waals surface area contributed by atoms with Crippen molar-refractivity contribution >= 4 is 40.5 Å². The van der Waals surface area contributed by atoms with Gasteiger partial charge >= 0.3 is 0 Å². The van der Waals surface area contributed by atoms with Crippen molar-refractivity contribution in [2.75, 3.05) is 5.32 Å². The number of nitrogens with zero attached hydrogens (tertiary/aromatic N) is 3. The van der Waals surface area contributed by atoms with Crippen LogP contribution < -0.4 is 16.5 Å². The van der Waals surface area contributed by atoms with Gasteiger partial charge in [-0.1, -0.05) is 86.9 Å². The summed E-state index contributed by atoms with van der Waals surface area (Å²) in [5.74, 6) is -0.0598. The van der Waals surface area contributed by atoms with Crippen LogP contribution in [-0.4, -0.2) is 38.7 Å². The van der Waals surface area contributed by atoms with Crippen molar-refractivity contribution in [3.63, 3.8) is 0 Å². The minimum absolute atomic E-state index is 0.00186. The highest BCUT2D eigenvalue weighted by molar-refractivity contribution is 6.18. The molecule has 3 heterocycles. The second-order valence-corrected chi connectivity index (χ2v) is 13.3. The second-order valence-electron chi connectivity index (χ2n) is 13.3. The summed E-state index contributed by atoms with van der Waals surface area (Å²) in [4.78, 5) is 39.2. The molecular formula is C42H55N7O3. The first kappa shape index (κ1) is 39.5. The van der Waals surface area contributed by atoms with E-state index in [1.807, 2.05) is 19.3 Å². The van der Waals surface area contributed by atoms with Crippen molar-refractivity contribution in [1.82, 2.24) is 20.2 Å². The molecule has 0 atom stereocenters. The fourth-order valence-corrected chi connectivity index (χ4v) is 6.36. The molecule has 0 bridgehead atoms. The number of anilines is 1. The Morgan fingerprint density at radius 2 is 1.60 bits per heavy atom. The third-order valence-corrected chi connectivity index (χ3v) is 8.97. The quantitative estimate of drug-likeness (QED) is 0.0820. The number of aromatic nitrogens is 3. The van der Waals surface area contributed by atoms with Gasteiger partial charge in [0.05, 0.1) is 23.7 Å². The molecule has 1 aromatic carbocycles. The lowest BCUT2D eigenvalue weighted by Gasteiger charge is -2.20. The van der Waals surface area contributed by atoms with Gasteiger partial charge in [-0.25, -0.2) is 5.43 Å². The fraction of sp³-hybridized carbons (Fsp3) is 0.405. The molecule has 52 heavy (non-hydrogen) atoms. The number of hydrogen-bond acceptors (Lipinski definition) is 5. The number of aromatic amines is 1. The molecule has 0 unspecified atom stereocenters. The Labute approximate surface area is 308 Å². The van der Waals surface area contributed by atoms with Gasteiger partial charge in [-0.3, -0.25) is 19.1 Å². The van der Waals surface area contributed by atoms with E-state index in [9.17, 15) is 14.4 Å². The molecule has 5 N–H and O–H groups in total. The molecule has 1 aliphatic heterocycles. The molecule has 3 aromatic rings. The van der Waals surface area contributed by atoms with Crippen molar-refractivity contribution in [2.24, 2.45) is 23.8 Å². The van der Waals surface area contributed by atoms with Crippen LogP contribution in [0, 0.1) is 5.92 Å². The highest BCUT2D eigenvalue weighted by atomic mass is 16.2. The fourth-order valence-electron chi connectivity index (χ4n) is 6.36. The maximum Gasteiger partial charge on any atom is 0.272 e. The van der Waals surface area contributed by atoms with Gasteiger partial charge < -0.3 is 16.0 Å². The monoisotopic (exact) mass is 705 g/mol. The largest absolute Gasteiger partial charge is 0.370 e. The molecule has 1 fully saturated rings. The third kappa shape index (κ3) is 13.1. The number of amides is 3. The molecule has 1 aliphatic carbocycles. The van der Waals surface area contributed by atoms with Crippen LogP contribution in [0.15, 0.2) is 90.4 Å². The van der Waals surface area contributed by atoms with Gasteiger partial charge in [0, 0.05) is 53.8 Å². The lowest BCUT2D eigenvalue weighted by atomic mass is 9.87. The predicted octanol–water partition coefficient (Wildman–Crippen LogP) is 8.95. The van der Waals surface area contributed by atoms with Gasteiger partial charge in [0.2, 0.25) is 11.8 Å². The van der Waals surface area contributed by atoms with Crippen LogP contribution in [0.5, 0.6) is 0 Å². The molecule has 2 aromatic heterocycles. The van der Waals surface area contributed by atoms with Crippen LogP contribution in [0.4, 0.5) is 5.69 Å². The number of carbonyl (C=O) groups excluding carboxylic acids is 3. The maximum atomic E-state index is 12.6. The van der Waals surface area contributed by atoms with Gasteiger partial charge in [0.15, 0.2) is 0 Å². The van der Waals surface area contributed by atoms with Crippen LogP contribution in [0.25, 0.3) is 22.2 Å². The van der Waals surface area contributed by atoms with Crippen molar-refractivity contribution in [2.45, 2.75) is 96.8 Å².